The summed E-state index contributed by atoms with van der Waals surface area (Å²) in [4.78, 5) is 2.30. The Bertz CT molecular complexity index is 367. The number of rotatable bonds is 5. The van der Waals surface area contributed by atoms with Crippen LogP contribution in [0.4, 0.5) is 0 Å². The van der Waals surface area contributed by atoms with Gasteiger partial charge in [0.1, 0.15) is 12.2 Å². The van der Waals surface area contributed by atoms with Crippen molar-refractivity contribution in [2.75, 3.05) is 26.2 Å². The van der Waals surface area contributed by atoms with Crippen molar-refractivity contribution in [2.45, 2.75) is 39.0 Å². The van der Waals surface area contributed by atoms with Gasteiger partial charge in [0, 0.05) is 31.4 Å². The molecule has 18 heavy (non-hydrogen) atoms. The van der Waals surface area contributed by atoms with E-state index in [1.165, 1.54) is 0 Å². The van der Waals surface area contributed by atoms with Crippen LogP contribution in [0.2, 0.25) is 0 Å². The SMILES string of the molecule is CCCn1cc(C(O)C2CN(CC)CCO2)cn1. The fraction of sp³-hybridized carbons (Fsp3) is 0.769. The van der Waals surface area contributed by atoms with Crippen molar-refractivity contribution in [1.82, 2.24) is 14.7 Å². The molecular formula is C13H23N3O2. The summed E-state index contributed by atoms with van der Waals surface area (Å²) in [6.07, 6.45) is 3.99. The number of ether oxygens (including phenoxy) is 1. The fourth-order valence-corrected chi connectivity index (χ4v) is 2.31. The molecule has 2 unspecified atom stereocenters. The molecule has 0 spiro atoms. The van der Waals surface area contributed by atoms with Gasteiger partial charge in [0.05, 0.1) is 12.8 Å². The van der Waals surface area contributed by atoms with Crippen LogP contribution in [0.25, 0.3) is 0 Å². The molecule has 2 heterocycles. The van der Waals surface area contributed by atoms with Crippen molar-refractivity contribution < 1.29 is 9.84 Å². The van der Waals surface area contributed by atoms with Crippen LogP contribution >= 0.6 is 0 Å². The Hall–Kier alpha value is -0.910. The highest BCUT2D eigenvalue weighted by molar-refractivity contribution is 5.10. The lowest BCUT2D eigenvalue weighted by Gasteiger charge is -2.34. The van der Waals surface area contributed by atoms with Crippen molar-refractivity contribution in [2.24, 2.45) is 0 Å². The highest BCUT2D eigenvalue weighted by atomic mass is 16.5. The molecule has 0 aromatic carbocycles. The lowest BCUT2D eigenvalue weighted by atomic mass is 10.1. The number of hydrogen-bond donors (Lipinski definition) is 1. The van der Waals surface area contributed by atoms with E-state index in [0.29, 0.717) is 6.61 Å². The molecule has 1 fully saturated rings. The van der Waals surface area contributed by atoms with Gasteiger partial charge in [-0.1, -0.05) is 13.8 Å². The Morgan fingerprint density at radius 3 is 3.11 bits per heavy atom. The normalized spacial score (nSPS) is 23.2. The summed E-state index contributed by atoms with van der Waals surface area (Å²) in [6, 6.07) is 0. The third kappa shape index (κ3) is 3.10. The Morgan fingerprint density at radius 1 is 1.56 bits per heavy atom. The first-order valence-corrected chi connectivity index (χ1v) is 6.79. The number of nitrogens with zero attached hydrogens (tertiary/aromatic N) is 3. The highest BCUT2D eigenvalue weighted by Gasteiger charge is 2.28. The molecule has 2 atom stereocenters. The number of aliphatic hydroxyl groups is 1. The van der Waals surface area contributed by atoms with Crippen molar-refractivity contribution in [3.8, 4) is 0 Å². The lowest BCUT2D eigenvalue weighted by molar-refractivity contribution is -0.0889. The van der Waals surface area contributed by atoms with E-state index in [0.717, 1.165) is 38.2 Å². The Labute approximate surface area is 108 Å². The molecule has 1 aromatic rings. The van der Waals surface area contributed by atoms with Crippen molar-refractivity contribution in [3.63, 3.8) is 0 Å². The van der Waals surface area contributed by atoms with E-state index in [1.807, 2.05) is 10.9 Å². The molecule has 0 bridgehead atoms. The van der Waals surface area contributed by atoms with Crippen molar-refractivity contribution in [3.05, 3.63) is 18.0 Å². The molecule has 1 saturated heterocycles. The molecule has 0 amide bonds. The van der Waals surface area contributed by atoms with E-state index in [9.17, 15) is 5.11 Å². The number of aliphatic hydroxyl groups excluding tert-OH is 1. The Balaban J connectivity index is 1.98. The minimum Gasteiger partial charge on any atom is -0.386 e. The van der Waals surface area contributed by atoms with E-state index in [2.05, 4.69) is 23.8 Å². The number of hydrogen-bond acceptors (Lipinski definition) is 4. The van der Waals surface area contributed by atoms with Crippen LogP contribution in [0, 0.1) is 0 Å². The zero-order valence-corrected chi connectivity index (χ0v) is 11.2. The molecule has 102 valence electrons. The summed E-state index contributed by atoms with van der Waals surface area (Å²) >= 11 is 0. The van der Waals surface area contributed by atoms with E-state index in [-0.39, 0.29) is 6.10 Å². The molecule has 1 aromatic heterocycles. The summed E-state index contributed by atoms with van der Waals surface area (Å²) in [7, 11) is 0. The standard InChI is InChI=1S/C13H23N3O2/c1-3-5-16-9-11(8-14-16)13(17)12-10-15(4-2)6-7-18-12/h8-9,12-13,17H,3-7,10H2,1-2H3. The molecular weight excluding hydrogens is 230 g/mol. The maximum atomic E-state index is 10.3. The summed E-state index contributed by atoms with van der Waals surface area (Å²) in [6.45, 7) is 8.57. The van der Waals surface area contributed by atoms with Crippen LogP contribution < -0.4 is 0 Å². The number of morpholine rings is 1. The van der Waals surface area contributed by atoms with Gasteiger partial charge < -0.3 is 9.84 Å². The predicted octanol–water partition coefficient (Wildman–Crippen LogP) is 1.05. The van der Waals surface area contributed by atoms with Crippen LogP contribution in [0.1, 0.15) is 31.9 Å². The first kappa shape index (κ1) is 13.5. The number of likely N-dealkylation sites (N-methyl/N-ethyl adjacent to an activating group) is 1. The quantitative estimate of drug-likeness (QED) is 0.852. The molecule has 5 nitrogen and oxygen atoms in total. The van der Waals surface area contributed by atoms with Crippen LogP contribution in [0.5, 0.6) is 0 Å². The van der Waals surface area contributed by atoms with E-state index in [4.69, 9.17) is 4.74 Å². The lowest BCUT2D eigenvalue weighted by Crippen LogP contribution is -2.44. The van der Waals surface area contributed by atoms with Gasteiger partial charge in [0.15, 0.2) is 0 Å². The Morgan fingerprint density at radius 2 is 2.39 bits per heavy atom. The molecule has 2 rings (SSSR count). The van der Waals surface area contributed by atoms with Gasteiger partial charge in [-0.05, 0) is 13.0 Å². The maximum absolute atomic E-state index is 10.3. The molecule has 0 saturated carbocycles. The number of aryl methyl sites for hydroxylation is 1. The molecule has 1 N–H and O–H groups in total. The minimum atomic E-state index is -0.579. The summed E-state index contributed by atoms with van der Waals surface area (Å²) < 4.78 is 7.54. The van der Waals surface area contributed by atoms with Crippen molar-refractivity contribution in [1.29, 1.82) is 0 Å². The average molecular weight is 253 g/mol. The second-order valence-electron chi connectivity index (χ2n) is 4.78. The third-order valence-corrected chi connectivity index (χ3v) is 3.42. The smallest absolute Gasteiger partial charge is 0.109 e. The summed E-state index contributed by atoms with van der Waals surface area (Å²) in [5, 5.41) is 14.6. The van der Waals surface area contributed by atoms with E-state index < -0.39 is 6.10 Å². The monoisotopic (exact) mass is 253 g/mol. The largest absolute Gasteiger partial charge is 0.386 e. The van der Waals surface area contributed by atoms with E-state index in [1.54, 1.807) is 6.20 Å². The molecule has 1 aliphatic heterocycles. The van der Waals surface area contributed by atoms with E-state index >= 15 is 0 Å². The average Bonchev–Trinajstić information content (AvgIpc) is 2.87. The highest BCUT2D eigenvalue weighted by Crippen LogP contribution is 2.21. The molecule has 5 heteroatoms. The number of aromatic nitrogens is 2. The van der Waals surface area contributed by atoms with Crippen molar-refractivity contribution >= 4 is 0 Å². The second-order valence-corrected chi connectivity index (χ2v) is 4.78. The first-order chi connectivity index (χ1) is 8.74. The van der Waals surface area contributed by atoms with Gasteiger partial charge in [-0.3, -0.25) is 9.58 Å². The summed E-state index contributed by atoms with van der Waals surface area (Å²) in [5.74, 6) is 0. The topological polar surface area (TPSA) is 50.5 Å². The van der Waals surface area contributed by atoms with Gasteiger partial charge in [-0.2, -0.15) is 5.10 Å². The predicted molar refractivity (Wildman–Crippen MR) is 69.3 cm³/mol. The first-order valence-electron chi connectivity index (χ1n) is 6.79. The van der Waals surface area contributed by atoms with Crippen LogP contribution in [0.3, 0.4) is 0 Å². The maximum Gasteiger partial charge on any atom is 0.109 e. The third-order valence-electron chi connectivity index (χ3n) is 3.42. The van der Waals surface area contributed by atoms with Gasteiger partial charge in [0.25, 0.3) is 0 Å². The van der Waals surface area contributed by atoms with Gasteiger partial charge in [-0.15, -0.1) is 0 Å². The fourth-order valence-electron chi connectivity index (χ4n) is 2.31. The van der Waals surface area contributed by atoms with Gasteiger partial charge in [-0.25, -0.2) is 0 Å². The zero-order chi connectivity index (χ0) is 13.0. The zero-order valence-electron chi connectivity index (χ0n) is 11.2. The molecule has 1 aliphatic rings. The van der Waals surface area contributed by atoms with Crippen LogP contribution in [0.15, 0.2) is 12.4 Å². The second kappa shape index (κ2) is 6.31. The summed E-state index contributed by atoms with van der Waals surface area (Å²) in [5.41, 5.74) is 0.853. The molecule has 0 radical (unpaired) electrons. The van der Waals surface area contributed by atoms with Crippen LogP contribution in [-0.2, 0) is 11.3 Å². The Kier molecular flexibility index (Phi) is 4.74. The van der Waals surface area contributed by atoms with Gasteiger partial charge >= 0.3 is 0 Å². The van der Waals surface area contributed by atoms with Gasteiger partial charge in [0.2, 0.25) is 0 Å². The minimum absolute atomic E-state index is 0.141. The van der Waals surface area contributed by atoms with Crippen LogP contribution in [-0.4, -0.2) is 52.1 Å². The molecule has 0 aliphatic carbocycles.